The van der Waals surface area contributed by atoms with Crippen LogP contribution in [0.3, 0.4) is 0 Å². The van der Waals surface area contributed by atoms with Crippen molar-refractivity contribution in [2.24, 2.45) is 20.4 Å². The van der Waals surface area contributed by atoms with Gasteiger partial charge in [0, 0.05) is 11.3 Å². The average molecular weight is 366 g/mol. The minimum atomic E-state index is -3.95. The van der Waals surface area contributed by atoms with E-state index in [1.54, 1.807) is 12.1 Å². The van der Waals surface area contributed by atoms with Crippen LogP contribution in [0.25, 0.3) is 0 Å². The SMILES string of the molecule is N#Cc1ccc2c(c1)CC(c1cccc(S(N)(=O)=O)c1C1=NCN=N1)N2. The molecule has 8 nitrogen and oxygen atoms in total. The Hall–Kier alpha value is -3.09. The number of sulfonamides is 1. The molecule has 130 valence electrons. The summed E-state index contributed by atoms with van der Waals surface area (Å²) in [4.78, 5) is 4.16. The van der Waals surface area contributed by atoms with Crippen LogP contribution in [0.5, 0.6) is 0 Å². The number of aliphatic imine (C=N–C) groups is 1. The summed E-state index contributed by atoms with van der Waals surface area (Å²) < 4.78 is 24.1. The van der Waals surface area contributed by atoms with Gasteiger partial charge in [-0.2, -0.15) is 10.4 Å². The summed E-state index contributed by atoms with van der Waals surface area (Å²) in [6.45, 7) is 0.164. The Morgan fingerprint density at radius 2 is 2.12 bits per heavy atom. The molecule has 0 saturated carbocycles. The smallest absolute Gasteiger partial charge is 0.238 e. The van der Waals surface area contributed by atoms with Crippen LogP contribution in [0.1, 0.15) is 28.3 Å². The highest BCUT2D eigenvalue weighted by Crippen LogP contribution is 2.37. The van der Waals surface area contributed by atoms with Gasteiger partial charge in [-0.1, -0.05) is 12.1 Å². The van der Waals surface area contributed by atoms with Crippen LogP contribution in [0.4, 0.5) is 5.69 Å². The first-order valence-corrected chi connectivity index (χ1v) is 9.39. The zero-order chi connectivity index (χ0) is 18.3. The summed E-state index contributed by atoms with van der Waals surface area (Å²) in [6, 6.07) is 12.3. The van der Waals surface area contributed by atoms with E-state index >= 15 is 0 Å². The van der Waals surface area contributed by atoms with E-state index in [1.165, 1.54) is 6.07 Å². The van der Waals surface area contributed by atoms with Gasteiger partial charge in [-0.25, -0.2) is 18.5 Å². The molecule has 1 atom stereocenters. The number of nitrogens with one attached hydrogen (secondary N) is 1. The van der Waals surface area contributed by atoms with Gasteiger partial charge in [0.25, 0.3) is 0 Å². The Bertz CT molecular complexity index is 1110. The van der Waals surface area contributed by atoms with Crippen molar-refractivity contribution in [2.45, 2.75) is 17.4 Å². The fourth-order valence-electron chi connectivity index (χ4n) is 3.29. The lowest BCUT2D eigenvalue weighted by Gasteiger charge is -2.18. The molecule has 1 unspecified atom stereocenters. The summed E-state index contributed by atoms with van der Waals surface area (Å²) in [5.41, 5.74) is 3.60. The number of fused-ring (bicyclic) bond motifs is 1. The van der Waals surface area contributed by atoms with Crippen molar-refractivity contribution in [2.75, 3.05) is 12.0 Å². The van der Waals surface area contributed by atoms with Gasteiger partial charge in [0.15, 0.2) is 12.5 Å². The van der Waals surface area contributed by atoms with Crippen molar-refractivity contribution in [3.63, 3.8) is 0 Å². The molecule has 2 aliphatic rings. The van der Waals surface area contributed by atoms with E-state index in [1.807, 2.05) is 18.2 Å². The largest absolute Gasteiger partial charge is 0.378 e. The number of benzene rings is 2. The Morgan fingerprint density at radius 3 is 2.81 bits per heavy atom. The fraction of sp³-hybridized carbons (Fsp3) is 0.176. The first-order valence-electron chi connectivity index (χ1n) is 7.85. The normalized spacial score (nSPS) is 18.2. The predicted molar refractivity (Wildman–Crippen MR) is 95.3 cm³/mol. The van der Waals surface area contributed by atoms with E-state index in [0.29, 0.717) is 17.5 Å². The Morgan fingerprint density at radius 1 is 1.27 bits per heavy atom. The molecule has 0 aliphatic carbocycles. The van der Waals surface area contributed by atoms with Gasteiger partial charge in [-0.15, -0.1) is 5.11 Å². The molecule has 0 saturated heterocycles. The predicted octanol–water partition coefficient (Wildman–Crippen LogP) is 2.08. The molecule has 0 fully saturated rings. The molecule has 0 aromatic heterocycles. The van der Waals surface area contributed by atoms with E-state index in [-0.39, 0.29) is 23.4 Å². The highest BCUT2D eigenvalue weighted by Gasteiger charge is 2.30. The molecule has 0 radical (unpaired) electrons. The standard InChI is InChI=1S/C17H14N6O2S/c18-8-10-4-5-13-11(6-10)7-14(22-13)12-2-1-3-15(26(19,24)25)16(12)17-20-9-21-23-17/h1-6,14,22H,7,9H2,(H2,19,24,25). The van der Waals surface area contributed by atoms with Crippen LogP contribution in [0, 0.1) is 11.3 Å². The highest BCUT2D eigenvalue weighted by molar-refractivity contribution is 7.89. The van der Waals surface area contributed by atoms with E-state index in [4.69, 9.17) is 10.4 Å². The minimum absolute atomic E-state index is 0.0231. The number of primary sulfonamides is 1. The molecule has 4 rings (SSSR count). The van der Waals surface area contributed by atoms with Crippen LogP contribution < -0.4 is 10.5 Å². The topological polar surface area (TPSA) is 133 Å². The molecule has 2 heterocycles. The molecule has 3 N–H and O–H groups in total. The molecule has 2 aliphatic heterocycles. The number of hydrogen-bond acceptors (Lipinski definition) is 7. The van der Waals surface area contributed by atoms with Crippen LogP contribution >= 0.6 is 0 Å². The third-order valence-electron chi connectivity index (χ3n) is 4.40. The first kappa shape index (κ1) is 16.4. The molecule has 0 bridgehead atoms. The van der Waals surface area contributed by atoms with Crippen molar-refractivity contribution < 1.29 is 8.42 Å². The molecule has 2 aromatic rings. The quantitative estimate of drug-likeness (QED) is 0.860. The summed E-state index contributed by atoms with van der Waals surface area (Å²) in [5, 5.41) is 25.6. The maximum atomic E-state index is 12.1. The second-order valence-electron chi connectivity index (χ2n) is 6.01. The second-order valence-corrected chi connectivity index (χ2v) is 7.54. The van der Waals surface area contributed by atoms with E-state index in [2.05, 4.69) is 26.6 Å². The van der Waals surface area contributed by atoms with Gasteiger partial charge in [0.2, 0.25) is 10.0 Å². The van der Waals surface area contributed by atoms with E-state index < -0.39 is 10.0 Å². The van der Waals surface area contributed by atoms with Gasteiger partial charge in [-0.3, -0.25) is 0 Å². The lowest BCUT2D eigenvalue weighted by atomic mass is 9.96. The number of rotatable bonds is 3. The van der Waals surface area contributed by atoms with E-state index in [9.17, 15) is 8.42 Å². The third kappa shape index (κ3) is 2.75. The molecular formula is C17H14N6O2S. The minimum Gasteiger partial charge on any atom is -0.378 e. The molecule has 0 amide bonds. The maximum Gasteiger partial charge on any atom is 0.238 e. The van der Waals surface area contributed by atoms with Crippen molar-refractivity contribution in [1.29, 1.82) is 5.26 Å². The van der Waals surface area contributed by atoms with Crippen molar-refractivity contribution in [1.82, 2.24) is 0 Å². The van der Waals surface area contributed by atoms with Gasteiger partial charge >= 0.3 is 0 Å². The van der Waals surface area contributed by atoms with Crippen LogP contribution in [-0.2, 0) is 16.4 Å². The van der Waals surface area contributed by atoms with Crippen LogP contribution in [-0.4, -0.2) is 20.9 Å². The molecule has 2 aromatic carbocycles. The monoisotopic (exact) mass is 366 g/mol. The second kappa shape index (κ2) is 6.01. The summed E-state index contributed by atoms with van der Waals surface area (Å²) in [6.07, 6.45) is 0.607. The van der Waals surface area contributed by atoms with E-state index in [0.717, 1.165) is 16.8 Å². The molecular weight excluding hydrogens is 352 g/mol. The average Bonchev–Trinajstić information content (AvgIpc) is 3.29. The Balaban J connectivity index is 1.83. The molecule has 0 spiro atoms. The lowest BCUT2D eigenvalue weighted by molar-refractivity contribution is 0.597. The number of hydrogen-bond donors (Lipinski definition) is 2. The van der Waals surface area contributed by atoms with Crippen molar-refractivity contribution >= 4 is 21.5 Å². The van der Waals surface area contributed by atoms with Gasteiger partial charge < -0.3 is 5.32 Å². The van der Waals surface area contributed by atoms with Crippen molar-refractivity contribution in [3.05, 3.63) is 58.7 Å². The van der Waals surface area contributed by atoms with Gasteiger partial charge in [0.05, 0.1) is 22.6 Å². The number of azo groups is 1. The Kier molecular flexibility index (Phi) is 3.79. The molecule has 26 heavy (non-hydrogen) atoms. The zero-order valence-electron chi connectivity index (χ0n) is 13.5. The number of nitriles is 1. The van der Waals surface area contributed by atoms with Crippen LogP contribution in [0.15, 0.2) is 56.5 Å². The van der Waals surface area contributed by atoms with Gasteiger partial charge in [-0.05, 0) is 41.8 Å². The summed E-state index contributed by atoms with van der Waals surface area (Å²) >= 11 is 0. The number of amidine groups is 1. The molecule has 9 heteroatoms. The highest BCUT2D eigenvalue weighted by atomic mass is 32.2. The summed E-state index contributed by atoms with van der Waals surface area (Å²) in [7, 11) is -3.95. The number of nitrogens with two attached hydrogens (primary N) is 1. The summed E-state index contributed by atoms with van der Waals surface area (Å²) in [5.74, 6) is 0.264. The lowest BCUT2D eigenvalue weighted by Crippen LogP contribution is -2.20. The number of nitrogens with zero attached hydrogens (tertiary/aromatic N) is 4. The van der Waals surface area contributed by atoms with Gasteiger partial charge in [0.1, 0.15) is 0 Å². The fourth-order valence-corrected chi connectivity index (χ4v) is 4.05. The maximum absolute atomic E-state index is 12.1. The Labute approximate surface area is 150 Å². The van der Waals surface area contributed by atoms with Crippen molar-refractivity contribution in [3.8, 4) is 6.07 Å². The van der Waals surface area contributed by atoms with Crippen LogP contribution in [0.2, 0.25) is 0 Å². The third-order valence-corrected chi connectivity index (χ3v) is 5.35. The first-order chi connectivity index (χ1) is 12.5. The number of anilines is 1. The zero-order valence-corrected chi connectivity index (χ0v) is 14.4.